The van der Waals surface area contributed by atoms with Gasteiger partial charge in [0.25, 0.3) is 0 Å². The second-order valence-electron chi connectivity index (χ2n) is 14.6. The van der Waals surface area contributed by atoms with Gasteiger partial charge in [-0.15, -0.1) is 0 Å². The molecule has 0 aliphatic rings. The molecule has 2 atom stereocenters. The van der Waals surface area contributed by atoms with E-state index >= 15 is 0 Å². The maximum Gasteiger partial charge on any atom is 0.0594 e. The molecular formula is C32H70O2P2. The molecule has 0 aliphatic carbocycles. The highest BCUT2D eigenvalue weighted by Gasteiger charge is 2.34. The molecule has 0 spiro atoms. The molecule has 0 fully saturated rings. The van der Waals surface area contributed by atoms with Crippen LogP contribution in [0.15, 0.2) is 0 Å². The molecule has 0 aliphatic heterocycles. The molecule has 0 rings (SSSR count). The minimum absolute atomic E-state index is 0.205. The maximum atomic E-state index is 12.3. The third kappa shape index (κ3) is 23.7. The molecule has 2 nitrogen and oxygen atoms in total. The van der Waals surface area contributed by atoms with E-state index < -0.39 is 14.6 Å². The lowest BCUT2D eigenvalue weighted by atomic mass is 9.86. The smallest absolute Gasteiger partial charge is 0.0594 e. The van der Waals surface area contributed by atoms with E-state index in [-0.39, 0.29) is 22.7 Å². The van der Waals surface area contributed by atoms with Gasteiger partial charge in [0.05, 0.1) is 24.6 Å². The Kier molecular flexibility index (Phi) is 21.2. The van der Waals surface area contributed by atoms with Crippen LogP contribution < -0.4 is 4.89 Å². The zero-order chi connectivity index (χ0) is 28.5. The minimum atomic E-state index is -3.23. The zero-order valence-electron chi connectivity index (χ0n) is 27.2. The van der Waals surface area contributed by atoms with Gasteiger partial charge in [-0.2, -0.15) is 0 Å². The summed E-state index contributed by atoms with van der Waals surface area (Å²) in [6.45, 7) is 26.5. The van der Waals surface area contributed by atoms with Gasteiger partial charge in [0.1, 0.15) is 0 Å². The van der Waals surface area contributed by atoms with E-state index in [0.717, 1.165) is 12.8 Å². The van der Waals surface area contributed by atoms with Crippen LogP contribution in [0.25, 0.3) is 0 Å². The molecule has 0 amide bonds. The van der Waals surface area contributed by atoms with E-state index in [1.165, 1.54) is 51.4 Å². The summed E-state index contributed by atoms with van der Waals surface area (Å²) >= 11 is 0. The number of hydrogen-bond acceptors (Lipinski definition) is 2. The molecule has 0 saturated carbocycles. The molecule has 0 aromatic carbocycles. The molecule has 0 saturated heterocycles. The average molecular weight is 549 g/mol. The van der Waals surface area contributed by atoms with Gasteiger partial charge < -0.3 is 9.46 Å². The fourth-order valence-electron chi connectivity index (χ4n) is 5.89. The Morgan fingerprint density at radius 1 is 0.611 bits per heavy atom. The van der Waals surface area contributed by atoms with Crippen LogP contribution >= 0.6 is 14.6 Å². The Morgan fingerprint density at radius 2 is 0.861 bits per heavy atom. The highest BCUT2D eigenvalue weighted by atomic mass is 31.2. The predicted molar refractivity (Wildman–Crippen MR) is 170 cm³/mol. The van der Waals surface area contributed by atoms with Crippen molar-refractivity contribution in [2.75, 3.05) is 37.0 Å². The van der Waals surface area contributed by atoms with E-state index in [1.807, 2.05) is 0 Å². The van der Waals surface area contributed by atoms with E-state index in [9.17, 15) is 9.46 Å². The Morgan fingerprint density at radius 3 is 1.06 bits per heavy atom. The van der Waals surface area contributed by atoms with Crippen LogP contribution in [-0.2, 0) is 4.57 Å². The average Bonchev–Trinajstić information content (AvgIpc) is 2.69. The van der Waals surface area contributed by atoms with Gasteiger partial charge in [-0.1, -0.05) is 109 Å². The highest BCUT2D eigenvalue weighted by molar-refractivity contribution is 7.75. The van der Waals surface area contributed by atoms with Crippen LogP contribution in [0, 0.1) is 22.7 Å². The van der Waals surface area contributed by atoms with Crippen LogP contribution in [0.1, 0.15) is 147 Å². The van der Waals surface area contributed by atoms with Crippen LogP contribution in [0.5, 0.6) is 0 Å². The van der Waals surface area contributed by atoms with Gasteiger partial charge in [-0.05, 0) is 73.5 Å². The first-order chi connectivity index (χ1) is 16.4. The van der Waals surface area contributed by atoms with Crippen LogP contribution in [0.4, 0.5) is 0 Å². The molecule has 0 aromatic rings. The van der Waals surface area contributed by atoms with Crippen LogP contribution in [0.2, 0.25) is 0 Å². The first-order valence-electron chi connectivity index (χ1n) is 15.6. The fraction of sp³-hybridized carbons (Fsp3) is 1.00. The van der Waals surface area contributed by atoms with Crippen molar-refractivity contribution in [2.45, 2.75) is 147 Å². The van der Waals surface area contributed by atoms with Gasteiger partial charge in [-0.25, -0.2) is 0 Å². The Balaban J connectivity index is 0. The van der Waals surface area contributed by atoms with E-state index in [2.05, 4.69) is 83.1 Å². The van der Waals surface area contributed by atoms with Crippen LogP contribution in [-0.4, -0.2) is 37.0 Å². The Bertz CT molecular complexity index is 494. The second kappa shape index (κ2) is 19.6. The summed E-state index contributed by atoms with van der Waals surface area (Å²) in [5.74, 6) is 0.510. The SMILES string of the molecule is CC(CC(C)(C)C)CP(=O)([O-])CC(C)CC(C)(C)C.CCCC[P+](CCCC)(CCCC)CCCC. The molecule has 0 radical (unpaired) electrons. The van der Waals surface area contributed by atoms with Crippen molar-refractivity contribution in [2.24, 2.45) is 22.7 Å². The topological polar surface area (TPSA) is 40.1 Å². The quantitative estimate of drug-likeness (QED) is 0.160. The lowest BCUT2D eigenvalue weighted by Gasteiger charge is -2.33. The van der Waals surface area contributed by atoms with Crippen molar-refractivity contribution in [1.82, 2.24) is 0 Å². The largest absolute Gasteiger partial charge is 0.799 e. The fourth-order valence-corrected chi connectivity index (χ4v) is 13.5. The van der Waals surface area contributed by atoms with Gasteiger partial charge in [0.2, 0.25) is 0 Å². The summed E-state index contributed by atoms with van der Waals surface area (Å²) in [7, 11) is -3.79. The third-order valence-corrected chi connectivity index (χ3v) is 14.5. The molecule has 0 heterocycles. The summed E-state index contributed by atoms with van der Waals surface area (Å²) < 4.78 is 12.3. The summed E-state index contributed by atoms with van der Waals surface area (Å²) in [5, 5.41) is 0. The number of unbranched alkanes of at least 4 members (excludes halogenated alkanes) is 4. The summed E-state index contributed by atoms with van der Waals surface area (Å²) in [6, 6.07) is 0. The van der Waals surface area contributed by atoms with Crippen molar-refractivity contribution in [3.8, 4) is 0 Å². The lowest BCUT2D eigenvalue weighted by Crippen LogP contribution is -2.22. The Hall–Kier alpha value is 0.620. The van der Waals surface area contributed by atoms with Crippen molar-refractivity contribution in [3.63, 3.8) is 0 Å². The normalized spacial score (nSPS) is 16.1. The zero-order valence-corrected chi connectivity index (χ0v) is 29.0. The van der Waals surface area contributed by atoms with E-state index in [0.29, 0.717) is 12.3 Å². The summed E-state index contributed by atoms with van der Waals surface area (Å²) in [4.78, 5) is 12.3. The summed E-state index contributed by atoms with van der Waals surface area (Å²) in [5.41, 5.74) is 0.410. The van der Waals surface area contributed by atoms with Gasteiger partial charge in [-0.3, -0.25) is 0 Å². The summed E-state index contributed by atoms with van der Waals surface area (Å²) in [6.07, 6.45) is 20.6. The maximum absolute atomic E-state index is 12.3. The Labute approximate surface area is 230 Å². The molecule has 0 aromatic heterocycles. The second-order valence-corrected chi connectivity index (χ2v) is 21.4. The van der Waals surface area contributed by atoms with Crippen molar-refractivity contribution < 1.29 is 9.46 Å². The molecule has 2 unspecified atom stereocenters. The monoisotopic (exact) mass is 548 g/mol. The molecule has 220 valence electrons. The predicted octanol–water partition coefficient (Wildman–Crippen LogP) is 11.0. The van der Waals surface area contributed by atoms with Crippen molar-refractivity contribution in [1.29, 1.82) is 0 Å². The molecule has 0 bridgehead atoms. The first kappa shape index (κ1) is 38.8. The van der Waals surface area contributed by atoms with E-state index in [4.69, 9.17) is 0 Å². The first-order valence-corrected chi connectivity index (χ1v) is 20.1. The van der Waals surface area contributed by atoms with Gasteiger partial charge in [0.15, 0.2) is 0 Å². The minimum Gasteiger partial charge on any atom is -0.799 e. The van der Waals surface area contributed by atoms with E-state index in [1.54, 1.807) is 24.6 Å². The lowest BCUT2D eigenvalue weighted by molar-refractivity contribution is -0.176. The van der Waals surface area contributed by atoms with Crippen LogP contribution in [0.3, 0.4) is 0 Å². The standard InChI is InChI=1S/C16H35O2P.C16H36P/c1-13(9-15(3,4)5)11-19(17,18)12-14(2)10-16(6,7)8;1-5-9-13-17(14-10-6-2,15-11-7-3)16-12-8-4/h13-14H,9-12H2,1-8H3,(H,17,18);5-16H2,1-4H3/q;+1/p-1. The molecule has 0 N–H and O–H groups in total. The van der Waals surface area contributed by atoms with Gasteiger partial charge in [0, 0.05) is 14.6 Å². The number of hydrogen-bond donors (Lipinski definition) is 0. The molecule has 4 heteroatoms. The molecule has 36 heavy (non-hydrogen) atoms. The van der Waals surface area contributed by atoms with Crippen molar-refractivity contribution >= 4 is 14.6 Å². The van der Waals surface area contributed by atoms with Crippen molar-refractivity contribution in [3.05, 3.63) is 0 Å². The number of rotatable bonds is 18. The van der Waals surface area contributed by atoms with Gasteiger partial charge >= 0.3 is 0 Å². The third-order valence-electron chi connectivity index (χ3n) is 7.05. The highest BCUT2D eigenvalue weighted by Crippen LogP contribution is 2.61. The molecular weight excluding hydrogens is 478 g/mol.